The first-order valence-corrected chi connectivity index (χ1v) is 8.50. The number of nitrogens with zero attached hydrogens (tertiary/aromatic N) is 1. The van der Waals surface area contributed by atoms with Gasteiger partial charge in [-0.3, -0.25) is 10.0 Å². The Hall–Kier alpha value is -2.63. The monoisotopic (exact) mass is 337 g/mol. The molecule has 1 heterocycles. The van der Waals surface area contributed by atoms with Crippen LogP contribution in [0.25, 0.3) is 10.9 Å². The highest BCUT2D eigenvalue weighted by atomic mass is 16.5. The first-order valence-electron chi connectivity index (χ1n) is 8.50. The van der Waals surface area contributed by atoms with Crippen molar-refractivity contribution < 1.29 is 10.0 Å². The highest BCUT2D eigenvalue weighted by Crippen LogP contribution is 2.19. The number of carbonyl (C=O) groups excluding carboxylic acids is 1. The Bertz CT molecular complexity index is 829. The summed E-state index contributed by atoms with van der Waals surface area (Å²) >= 11 is 0. The van der Waals surface area contributed by atoms with Crippen LogP contribution in [0.5, 0.6) is 0 Å². The number of hydroxylamine groups is 2. The fourth-order valence-electron chi connectivity index (χ4n) is 3.00. The van der Waals surface area contributed by atoms with E-state index in [1.807, 2.05) is 60.8 Å². The summed E-state index contributed by atoms with van der Waals surface area (Å²) < 4.78 is 0. The molecule has 0 spiro atoms. The summed E-state index contributed by atoms with van der Waals surface area (Å²) in [4.78, 5) is 15.5. The summed E-state index contributed by atoms with van der Waals surface area (Å²) in [6.07, 6.45) is 3.75. The maximum Gasteiger partial charge on any atom is 0.263 e. The molecule has 5 heteroatoms. The number of nitrogens with two attached hydrogens (primary N) is 1. The fourth-order valence-corrected chi connectivity index (χ4v) is 3.00. The third-order valence-electron chi connectivity index (χ3n) is 4.36. The van der Waals surface area contributed by atoms with Crippen molar-refractivity contribution in [2.24, 2.45) is 5.73 Å². The van der Waals surface area contributed by atoms with E-state index >= 15 is 0 Å². The molecule has 25 heavy (non-hydrogen) atoms. The lowest BCUT2D eigenvalue weighted by atomic mass is 10.0. The number of fused-ring (bicyclic) bond motifs is 1. The molecule has 0 saturated carbocycles. The smallest absolute Gasteiger partial charge is 0.263 e. The molecule has 0 saturated heterocycles. The lowest BCUT2D eigenvalue weighted by Crippen LogP contribution is -2.43. The Balaban J connectivity index is 1.52. The summed E-state index contributed by atoms with van der Waals surface area (Å²) in [5, 5.41) is 11.8. The number of H-pyrrole nitrogens is 1. The molecule has 0 aliphatic heterocycles. The van der Waals surface area contributed by atoms with E-state index in [0.717, 1.165) is 28.0 Å². The van der Waals surface area contributed by atoms with Gasteiger partial charge in [0.05, 0.1) is 6.04 Å². The zero-order chi connectivity index (χ0) is 17.6. The maximum absolute atomic E-state index is 12.3. The number of carbonyl (C=O) groups is 1. The van der Waals surface area contributed by atoms with Crippen LogP contribution < -0.4 is 5.73 Å². The average molecular weight is 337 g/mol. The predicted molar refractivity (Wildman–Crippen MR) is 98.2 cm³/mol. The van der Waals surface area contributed by atoms with E-state index in [2.05, 4.69) is 4.98 Å². The molecule has 3 rings (SSSR count). The molecule has 130 valence electrons. The van der Waals surface area contributed by atoms with Gasteiger partial charge in [-0.15, -0.1) is 0 Å². The standard InChI is InChI=1S/C20H23N3O2/c21-18(13-16-14-22-19-11-5-4-10-17(16)19)20(24)23(25)12-6-9-15-7-2-1-3-8-15/h1-5,7-8,10-11,14,18,22,25H,6,9,12-13,21H2/t18-/m0/s1. The van der Waals surface area contributed by atoms with Crippen LogP contribution in [0.2, 0.25) is 0 Å². The second-order valence-electron chi connectivity index (χ2n) is 6.22. The Kier molecular flexibility index (Phi) is 5.48. The third kappa shape index (κ3) is 4.26. The van der Waals surface area contributed by atoms with Gasteiger partial charge in [-0.25, -0.2) is 5.06 Å². The second-order valence-corrected chi connectivity index (χ2v) is 6.22. The molecule has 0 bridgehead atoms. The Labute approximate surface area is 147 Å². The lowest BCUT2D eigenvalue weighted by Gasteiger charge is -2.19. The first kappa shape index (κ1) is 17.2. The molecule has 4 N–H and O–H groups in total. The molecule has 1 atom stereocenters. The number of aromatic nitrogens is 1. The van der Waals surface area contributed by atoms with Crippen LogP contribution in [0.3, 0.4) is 0 Å². The fraction of sp³-hybridized carbons (Fsp3) is 0.250. The van der Waals surface area contributed by atoms with Gasteiger partial charge >= 0.3 is 0 Å². The molecule has 5 nitrogen and oxygen atoms in total. The van der Waals surface area contributed by atoms with E-state index in [9.17, 15) is 10.0 Å². The number of rotatable bonds is 7. The highest BCUT2D eigenvalue weighted by Gasteiger charge is 2.21. The van der Waals surface area contributed by atoms with Crippen molar-refractivity contribution in [3.8, 4) is 0 Å². The normalized spacial score (nSPS) is 12.2. The van der Waals surface area contributed by atoms with Crippen molar-refractivity contribution >= 4 is 16.8 Å². The van der Waals surface area contributed by atoms with Crippen LogP contribution >= 0.6 is 0 Å². The van der Waals surface area contributed by atoms with Crippen LogP contribution in [-0.4, -0.2) is 33.7 Å². The SMILES string of the molecule is N[C@@H](Cc1c[nH]c2ccccc12)C(=O)N(O)CCCc1ccccc1. The van der Waals surface area contributed by atoms with Crippen LogP contribution in [0.15, 0.2) is 60.8 Å². The van der Waals surface area contributed by atoms with Gasteiger partial charge in [0.15, 0.2) is 0 Å². The van der Waals surface area contributed by atoms with Gasteiger partial charge in [0.2, 0.25) is 0 Å². The second kappa shape index (κ2) is 7.96. The average Bonchev–Trinajstić information content (AvgIpc) is 3.05. The van der Waals surface area contributed by atoms with Gasteiger partial charge < -0.3 is 10.7 Å². The summed E-state index contributed by atoms with van der Waals surface area (Å²) in [5.74, 6) is -0.446. The molecule has 0 aliphatic carbocycles. The number of hydrogen-bond acceptors (Lipinski definition) is 3. The van der Waals surface area contributed by atoms with Gasteiger partial charge in [-0.1, -0.05) is 48.5 Å². The van der Waals surface area contributed by atoms with Gasteiger partial charge in [0.25, 0.3) is 5.91 Å². The largest absolute Gasteiger partial charge is 0.361 e. The topological polar surface area (TPSA) is 82.4 Å². The Morgan fingerprint density at radius 3 is 2.64 bits per heavy atom. The number of amides is 1. The van der Waals surface area contributed by atoms with Crippen molar-refractivity contribution in [3.63, 3.8) is 0 Å². The minimum absolute atomic E-state index is 0.273. The van der Waals surface area contributed by atoms with Gasteiger partial charge in [0.1, 0.15) is 0 Å². The van der Waals surface area contributed by atoms with Crippen molar-refractivity contribution in [2.45, 2.75) is 25.3 Å². The zero-order valence-electron chi connectivity index (χ0n) is 14.1. The van der Waals surface area contributed by atoms with Crippen molar-refractivity contribution in [3.05, 3.63) is 71.9 Å². The third-order valence-corrected chi connectivity index (χ3v) is 4.36. The first-order chi connectivity index (χ1) is 12.1. The zero-order valence-corrected chi connectivity index (χ0v) is 14.1. The maximum atomic E-state index is 12.3. The quantitative estimate of drug-likeness (QED) is 0.458. The van der Waals surface area contributed by atoms with Crippen LogP contribution in [0, 0.1) is 0 Å². The Morgan fingerprint density at radius 1 is 1.12 bits per heavy atom. The molecule has 2 aromatic carbocycles. The van der Waals surface area contributed by atoms with Crippen LogP contribution in [0.4, 0.5) is 0 Å². The van der Waals surface area contributed by atoms with E-state index in [1.54, 1.807) is 0 Å². The highest BCUT2D eigenvalue weighted by molar-refractivity contribution is 5.85. The van der Waals surface area contributed by atoms with Crippen molar-refractivity contribution in [1.82, 2.24) is 10.0 Å². The van der Waals surface area contributed by atoms with Gasteiger partial charge in [-0.2, -0.15) is 0 Å². The number of aromatic amines is 1. The number of para-hydroxylation sites is 1. The number of aryl methyl sites for hydroxylation is 1. The van der Waals surface area contributed by atoms with E-state index in [0.29, 0.717) is 12.8 Å². The number of nitrogens with one attached hydrogen (secondary N) is 1. The van der Waals surface area contributed by atoms with Crippen molar-refractivity contribution in [2.75, 3.05) is 6.54 Å². The summed E-state index contributed by atoms with van der Waals surface area (Å²) in [7, 11) is 0. The number of hydrogen-bond donors (Lipinski definition) is 3. The van der Waals surface area contributed by atoms with E-state index in [1.165, 1.54) is 5.56 Å². The molecular weight excluding hydrogens is 314 g/mol. The predicted octanol–water partition coefficient (Wildman–Crippen LogP) is 2.89. The molecule has 0 radical (unpaired) electrons. The van der Waals surface area contributed by atoms with Crippen LogP contribution in [0.1, 0.15) is 17.5 Å². The Morgan fingerprint density at radius 2 is 1.84 bits per heavy atom. The molecule has 1 aromatic heterocycles. The van der Waals surface area contributed by atoms with Crippen LogP contribution in [-0.2, 0) is 17.6 Å². The van der Waals surface area contributed by atoms with E-state index in [4.69, 9.17) is 5.73 Å². The van der Waals surface area contributed by atoms with Crippen molar-refractivity contribution in [1.29, 1.82) is 0 Å². The van der Waals surface area contributed by atoms with Gasteiger partial charge in [-0.05, 0) is 36.5 Å². The summed E-state index contributed by atoms with van der Waals surface area (Å²) in [6, 6.07) is 17.1. The molecule has 3 aromatic rings. The molecule has 0 fully saturated rings. The minimum Gasteiger partial charge on any atom is -0.361 e. The molecular formula is C20H23N3O2. The minimum atomic E-state index is -0.763. The summed E-state index contributed by atoms with van der Waals surface area (Å²) in [6.45, 7) is 0.273. The lowest BCUT2D eigenvalue weighted by molar-refractivity contribution is -0.167. The number of benzene rings is 2. The van der Waals surface area contributed by atoms with E-state index < -0.39 is 11.9 Å². The molecule has 1 amide bonds. The summed E-state index contributed by atoms with van der Waals surface area (Å²) in [5.41, 5.74) is 9.20. The molecule has 0 aliphatic rings. The van der Waals surface area contributed by atoms with E-state index in [-0.39, 0.29) is 6.54 Å². The molecule has 0 unspecified atom stereocenters. The van der Waals surface area contributed by atoms with Gasteiger partial charge in [0, 0.05) is 23.6 Å².